The molecule has 5 rings (SSSR count). The second kappa shape index (κ2) is 8.69. The number of benzene rings is 1. The van der Waals surface area contributed by atoms with Crippen molar-refractivity contribution < 1.29 is 4.74 Å². The maximum Gasteiger partial charge on any atom is 0.159 e. The SMILES string of the molecule is CCC=CCOc1cnc(-c2ccc(C34CCC(CCC)(CC3)CC4)cc2)nc1. The molecule has 0 unspecified atom stereocenters. The Hall–Kier alpha value is -2.16. The zero-order chi connectivity index (χ0) is 20.2. The van der Waals surface area contributed by atoms with Crippen molar-refractivity contribution >= 4 is 0 Å². The lowest BCUT2D eigenvalue weighted by Gasteiger charge is -2.54. The van der Waals surface area contributed by atoms with Gasteiger partial charge in [0.2, 0.25) is 0 Å². The highest BCUT2D eigenvalue weighted by molar-refractivity contribution is 5.56. The first-order valence-electron chi connectivity index (χ1n) is 11.4. The summed E-state index contributed by atoms with van der Waals surface area (Å²) >= 11 is 0. The molecular weight excluding hydrogens is 356 g/mol. The third-order valence-electron chi connectivity index (χ3n) is 7.31. The lowest BCUT2D eigenvalue weighted by molar-refractivity contribution is 0.0320. The summed E-state index contributed by atoms with van der Waals surface area (Å²) in [4.78, 5) is 9.01. The zero-order valence-corrected chi connectivity index (χ0v) is 18.0. The molecule has 0 radical (unpaired) electrons. The number of ether oxygens (including phenoxy) is 1. The highest BCUT2D eigenvalue weighted by Gasteiger charge is 2.48. The molecule has 2 aromatic rings. The number of aromatic nitrogens is 2. The molecule has 29 heavy (non-hydrogen) atoms. The minimum absolute atomic E-state index is 0.415. The van der Waals surface area contributed by atoms with Gasteiger partial charge in [-0.2, -0.15) is 0 Å². The van der Waals surface area contributed by atoms with Crippen molar-refractivity contribution in [2.75, 3.05) is 6.61 Å². The number of allylic oxidation sites excluding steroid dienone is 1. The van der Waals surface area contributed by atoms with Crippen molar-refractivity contribution in [3.8, 4) is 17.1 Å². The molecule has 1 heterocycles. The first-order chi connectivity index (χ1) is 14.2. The maximum atomic E-state index is 5.64. The second-order valence-corrected chi connectivity index (χ2v) is 9.04. The fourth-order valence-electron chi connectivity index (χ4n) is 5.49. The van der Waals surface area contributed by atoms with Gasteiger partial charge in [0.25, 0.3) is 0 Å². The van der Waals surface area contributed by atoms with Crippen LogP contribution in [-0.4, -0.2) is 16.6 Å². The van der Waals surface area contributed by atoms with Crippen LogP contribution in [0.5, 0.6) is 5.75 Å². The number of nitrogens with zero attached hydrogens (tertiary/aromatic N) is 2. The minimum Gasteiger partial charge on any atom is -0.486 e. The van der Waals surface area contributed by atoms with Crippen LogP contribution in [-0.2, 0) is 5.41 Å². The van der Waals surface area contributed by atoms with Gasteiger partial charge in [0, 0.05) is 5.56 Å². The number of hydrogen-bond acceptors (Lipinski definition) is 3. The summed E-state index contributed by atoms with van der Waals surface area (Å²) in [5.74, 6) is 1.48. The molecule has 1 aromatic carbocycles. The summed E-state index contributed by atoms with van der Waals surface area (Å²) < 4.78 is 5.64. The van der Waals surface area contributed by atoms with Crippen LogP contribution in [0.4, 0.5) is 0 Å². The van der Waals surface area contributed by atoms with Gasteiger partial charge in [-0.25, -0.2) is 9.97 Å². The molecule has 154 valence electrons. The Morgan fingerprint density at radius 2 is 1.55 bits per heavy atom. The van der Waals surface area contributed by atoms with Gasteiger partial charge in [0.1, 0.15) is 6.61 Å². The van der Waals surface area contributed by atoms with Crippen molar-refractivity contribution in [3.05, 3.63) is 54.4 Å². The fourth-order valence-corrected chi connectivity index (χ4v) is 5.49. The van der Waals surface area contributed by atoms with E-state index in [9.17, 15) is 0 Å². The molecular formula is C26H34N2O. The summed E-state index contributed by atoms with van der Waals surface area (Å²) in [6.45, 7) is 5.02. The zero-order valence-electron chi connectivity index (χ0n) is 18.0. The van der Waals surface area contributed by atoms with E-state index in [1.807, 2.05) is 6.08 Å². The van der Waals surface area contributed by atoms with Gasteiger partial charge in [0.05, 0.1) is 12.4 Å². The molecule has 3 aliphatic rings. The lowest BCUT2D eigenvalue weighted by Crippen LogP contribution is -2.44. The Labute approximate surface area is 175 Å². The maximum absolute atomic E-state index is 5.64. The van der Waals surface area contributed by atoms with E-state index in [4.69, 9.17) is 4.74 Å². The molecule has 0 saturated heterocycles. The second-order valence-electron chi connectivity index (χ2n) is 9.04. The predicted molar refractivity (Wildman–Crippen MR) is 119 cm³/mol. The fraction of sp³-hybridized carbons (Fsp3) is 0.538. The van der Waals surface area contributed by atoms with E-state index in [0.29, 0.717) is 23.2 Å². The van der Waals surface area contributed by atoms with E-state index < -0.39 is 0 Å². The van der Waals surface area contributed by atoms with Crippen LogP contribution in [0.25, 0.3) is 11.4 Å². The van der Waals surface area contributed by atoms with E-state index in [2.05, 4.69) is 54.2 Å². The summed E-state index contributed by atoms with van der Waals surface area (Å²) in [7, 11) is 0. The molecule has 0 spiro atoms. The number of fused-ring (bicyclic) bond motifs is 3. The summed E-state index contributed by atoms with van der Waals surface area (Å²) in [6.07, 6.45) is 19.8. The van der Waals surface area contributed by atoms with Crippen LogP contribution in [0.15, 0.2) is 48.8 Å². The van der Waals surface area contributed by atoms with E-state index in [0.717, 1.165) is 17.8 Å². The first kappa shape index (κ1) is 20.1. The van der Waals surface area contributed by atoms with Crippen molar-refractivity contribution in [1.82, 2.24) is 9.97 Å². The van der Waals surface area contributed by atoms with Gasteiger partial charge < -0.3 is 4.74 Å². The van der Waals surface area contributed by atoms with Crippen molar-refractivity contribution in [1.29, 1.82) is 0 Å². The van der Waals surface area contributed by atoms with Gasteiger partial charge in [-0.3, -0.25) is 0 Å². The molecule has 3 aliphatic carbocycles. The quantitative estimate of drug-likeness (QED) is 0.461. The Bertz CT molecular complexity index is 798. The van der Waals surface area contributed by atoms with Crippen LogP contribution >= 0.6 is 0 Å². The molecule has 3 nitrogen and oxygen atoms in total. The van der Waals surface area contributed by atoms with Crippen LogP contribution < -0.4 is 4.74 Å². The molecule has 0 N–H and O–H groups in total. The van der Waals surface area contributed by atoms with Gasteiger partial charge in [-0.1, -0.05) is 56.7 Å². The largest absolute Gasteiger partial charge is 0.486 e. The standard InChI is InChI=1S/C26H34N2O/c1-3-5-6-18-29-23-19-27-24(28-20-23)21-7-9-22(10-8-21)26-15-12-25(11-4-2,13-16-26)14-17-26/h5-10,19-20H,3-4,11-18H2,1-2H3. The Balaban J connectivity index is 1.42. The van der Waals surface area contributed by atoms with Gasteiger partial charge in [-0.15, -0.1) is 0 Å². The van der Waals surface area contributed by atoms with Crippen LogP contribution in [0, 0.1) is 5.41 Å². The lowest BCUT2D eigenvalue weighted by atomic mass is 9.51. The van der Waals surface area contributed by atoms with E-state index in [1.54, 1.807) is 12.4 Å². The normalized spacial score (nSPS) is 26.1. The summed E-state index contributed by atoms with van der Waals surface area (Å²) in [5, 5.41) is 0. The van der Waals surface area contributed by atoms with Crippen LogP contribution in [0.2, 0.25) is 0 Å². The minimum atomic E-state index is 0.415. The van der Waals surface area contributed by atoms with E-state index >= 15 is 0 Å². The Kier molecular flexibility index (Phi) is 6.03. The molecule has 2 bridgehead atoms. The van der Waals surface area contributed by atoms with Gasteiger partial charge in [-0.05, 0) is 67.8 Å². The Morgan fingerprint density at radius 1 is 0.897 bits per heavy atom. The molecule has 0 amide bonds. The van der Waals surface area contributed by atoms with Crippen molar-refractivity contribution in [2.24, 2.45) is 5.41 Å². The van der Waals surface area contributed by atoms with E-state index in [1.165, 1.54) is 56.9 Å². The summed E-state index contributed by atoms with van der Waals surface area (Å²) in [6, 6.07) is 9.06. The summed E-state index contributed by atoms with van der Waals surface area (Å²) in [5.41, 5.74) is 3.68. The smallest absolute Gasteiger partial charge is 0.159 e. The number of hydrogen-bond donors (Lipinski definition) is 0. The molecule has 3 heteroatoms. The molecule has 0 aliphatic heterocycles. The van der Waals surface area contributed by atoms with Crippen LogP contribution in [0.1, 0.15) is 77.2 Å². The average molecular weight is 391 g/mol. The third-order valence-corrected chi connectivity index (χ3v) is 7.31. The monoisotopic (exact) mass is 390 g/mol. The predicted octanol–water partition coefficient (Wildman–Crippen LogP) is 6.88. The van der Waals surface area contributed by atoms with Gasteiger partial charge in [0.15, 0.2) is 11.6 Å². The first-order valence-corrected chi connectivity index (χ1v) is 11.4. The van der Waals surface area contributed by atoms with E-state index in [-0.39, 0.29) is 0 Å². The topological polar surface area (TPSA) is 35.0 Å². The average Bonchev–Trinajstić information content (AvgIpc) is 2.79. The molecule has 1 aromatic heterocycles. The van der Waals surface area contributed by atoms with Crippen molar-refractivity contribution in [2.45, 2.75) is 77.0 Å². The Morgan fingerprint density at radius 3 is 2.14 bits per heavy atom. The molecule has 0 atom stereocenters. The van der Waals surface area contributed by atoms with Gasteiger partial charge >= 0.3 is 0 Å². The number of rotatable bonds is 8. The molecule has 3 saturated carbocycles. The highest BCUT2D eigenvalue weighted by Crippen LogP contribution is 2.59. The van der Waals surface area contributed by atoms with Crippen LogP contribution in [0.3, 0.4) is 0 Å². The van der Waals surface area contributed by atoms with Crippen molar-refractivity contribution in [3.63, 3.8) is 0 Å². The molecule has 3 fully saturated rings. The highest BCUT2D eigenvalue weighted by atomic mass is 16.5. The third kappa shape index (κ3) is 4.24.